The van der Waals surface area contributed by atoms with Crippen LogP contribution in [0.4, 0.5) is 13.2 Å². The Labute approximate surface area is 204 Å². The Balaban J connectivity index is 1.66. The number of sulfonamides is 1. The number of halogens is 3. The van der Waals surface area contributed by atoms with Gasteiger partial charge in [0.1, 0.15) is 17.0 Å². The molecule has 4 rings (SSSR count). The van der Waals surface area contributed by atoms with E-state index in [1.165, 1.54) is 19.2 Å². The normalized spacial score (nSPS) is 19.1. The van der Waals surface area contributed by atoms with Gasteiger partial charge in [0.05, 0.1) is 19.4 Å². The molecule has 36 heavy (non-hydrogen) atoms. The number of nitrogens with zero attached hydrogens (tertiary/aromatic N) is 2. The highest BCUT2D eigenvalue weighted by atomic mass is 32.2. The average molecular weight is 528 g/mol. The standard InChI is InChI=1S/C22H24F3N5O5S/c1-10(26)19-18(20(31)27-11-8-12(9-11)30-36(3,32)33)29-21(35-19)14-4-6-15(34-2)17-13(14)5-7-16(28-17)22(23,24)25/h4-7,10-12,30H,8-9,26H2,1-3H3,(H,27,31)/t10-,11?,12?/m0/s1. The summed E-state index contributed by atoms with van der Waals surface area (Å²) in [5.41, 5.74) is 5.09. The van der Waals surface area contributed by atoms with Crippen LogP contribution in [0, 0.1) is 0 Å². The quantitative estimate of drug-likeness (QED) is 0.425. The number of fused-ring (bicyclic) bond motifs is 1. The molecule has 0 saturated heterocycles. The molecule has 0 radical (unpaired) electrons. The van der Waals surface area contributed by atoms with Gasteiger partial charge in [0.15, 0.2) is 11.5 Å². The van der Waals surface area contributed by atoms with Gasteiger partial charge in [-0.05, 0) is 44.0 Å². The van der Waals surface area contributed by atoms with Crippen molar-refractivity contribution in [2.45, 2.75) is 44.1 Å². The highest BCUT2D eigenvalue weighted by Gasteiger charge is 2.35. The van der Waals surface area contributed by atoms with E-state index in [9.17, 15) is 26.4 Å². The second-order valence-electron chi connectivity index (χ2n) is 8.66. The fraction of sp³-hybridized carbons (Fsp3) is 0.409. The van der Waals surface area contributed by atoms with Crippen molar-refractivity contribution < 1.29 is 35.5 Å². The molecular formula is C22H24F3N5O5S. The van der Waals surface area contributed by atoms with E-state index < -0.39 is 33.8 Å². The van der Waals surface area contributed by atoms with Gasteiger partial charge >= 0.3 is 6.18 Å². The van der Waals surface area contributed by atoms with Gasteiger partial charge in [0, 0.05) is 23.0 Å². The van der Waals surface area contributed by atoms with Crippen LogP contribution in [0.2, 0.25) is 0 Å². The molecule has 10 nitrogen and oxygen atoms in total. The summed E-state index contributed by atoms with van der Waals surface area (Å²) < 4.78 is 75.8. The highest BCUT2D eigenvalue weighted by Crippen LogP contribution is 2.37. The second-order valence-corrected chi connectivity index (χ2v) is 10.4. The van der Waals surface area contributed by atoms with Crippen LogP contribution < -0.4 is 20.5 Å². The fourth-order valence-corrected chi connectivity index (χ4v) is 4.81. The molecule has 0 spiro atoms. The Hall–Kier alpha value is -3.23. The molecule has 1 atom stereocenters. The van der Waals surface area contributed by atoms with E-state index >= 15 is 0 Å². The highest BCUT2D eigenvalue weighted by molar-refractivity contribution is 7.88. The molecule has 0 bridgehead atoms. The van der Waals surface area contributed by atoms with Gasteiger partial charge in [0.25, 0.3) is 5.91 Å². The number of hydrogen-bond donors (Lipinski definition) is 3. The van der Waals surface area contributed by atoms with Gasteiger partial charge in [0.2, 0.25) is 15.9 Å². The van der Waals surface area contributed by atoms with E-state index in [0.717, 1.165) is 12.3 Å². The number of alkyl halides is 3. The van der Waals surface area contributed by atoms with Crippen LogP contribution in [0.15, 0.2) is 28.7 Å². The maximum atomic E-state index is 13.2. The van der Waals surface area contributed by atoms with Crippen molar-refractivity contribution in [2.75, 3.05) is 13.4 Å². The number of methoxy groups -OCH3 is 1. The summed E-state index contributed by atoms with van der Waals surface area (Å²) in [7, 11) is -2.04. The molecule has 1 aliphatic carbocycles. The summed E-state index contributed by atoms with van der Waals surface area (Å²) in [6.07, 6.45) is -2.77. The maximum Gasteiger partial charge on any atom is 0.433 e. The summed E-state index contributed by atoms with van der Waals surface area (Å²) >= 11 is 0. The Bertz CT molecular complexity index is 1420. The lowest BCUT2D eigenvalue weighted by Crippen LogP contribution is -2.53. The molecule has 0 unspecified atom stereocenters. The largest absolute Gasteiger partial charge is 0.494 e. The Morgan fingerprint density at radius 1 is 1.19 bits per heavy atom. The zero-order valence-electron chi connectivity index (χ0n) is 19.5. The number of oxazole rings is 1. The lowest BCUT2D eigenvalue weighted by molar-refractivity contribution is -0.140. The van der Waals surface area contributed by atoms with Gasteiger partial charge in [-0.2, -0.15) is 13.2 Å². The number of ether oxygens (including phenoxy) is 1. The third kappa shape index (κ3) is 5.29. The second kappa shape index (κ2) is 9.33. The molecule has 1 aromatic carbocycles. The predicted octanol–water partition coefficient (Wildman–Crippen LogP) is 2.75. The van der Waals surface area contributed by atoms with Gasteiger partial charge in [-0.3, -0.25) is 4.79 Å². The minimum atomic E-state index is -4.65. The van der Waals surface area contributed by atoms with Crippen molar-refractivity contribution in [3.63, 3.8) is 0 Å². The Kier molecular flexibility index (Phi) is 6.70. The monoisotopic (exact) mass is 527 g/mol. The van der Waals surface area contributed by atoms with Gasteiger partial charge < -0.3 is 20.2 Å². The summed E-state index contributed by atoms with van der Waals surface area (Å²) in [5, 5.41) is 3.06. The first-order valence-corrected chi connectivity index (χ1v) is 12.8. The number of amides is 1. The molecule has 1 amide bonds. The van der Waals surface area contributed by atoms with E-state index in [4.69, 9.17) is 14.9 Å². The minimum absolute atomic E-state index is 0.0214. The minimum Gasteiger partial charge on any atom is -0.494 e. The number of benzene rings is 1. The summed E-state index contributed by atoms with van der Waals surface area (Å²) in [6, 6.07) is 3.79. The molecule has 3 aromatic rings. The van der Waals surface area contributed by atoms with Gasteiger partial charge in [-0.1, -0.05) is 0 Å². The van der Waals surface area contributed by atoms with Crippen LogP contribution in [0.1, 0.15) is 47.7 Å². The van der Waals surface area contributed by atoms with Crippen molar-refractivity contribution in [1.29, 1.82) is 0 Å². The van der Waals surface area contributed by atoms with E-state index in [1.807, 2.05) is 0 Å². The SMILES string of the molecule is COc1ccc(-c2nc(C(=O)NC3CC(NS(C)(=O)=O)C3)c([C@H](C)N)o2)c2ccc(C(F)(F)F)nc12. The Morgan fingerprint density at radius 3 is 2.47 bits per heavy atom. The van der Waals surface area contributed by atoms with Gasteiger partial charge in [-0.15, -0.1) is 0 Å². The van der Waals surface area contributed by atoms with E-state index in [2.05, 4.69) is 20.0 Å². The number of nitrogens with one attached hydrogen (secondary N) is 2. The number of nitrogens with two attached hydrogens (primary N) is 1. The van der Waals surface area contributed by atoms with Crippen LogP contribution in [-0.4, -0.2) is 49.7 Å². The predicted molar refractivity (Wildman–Crippen MR) is 124 cm³/mol. The molecule has 1 aliphatic rings. The van der Waals surface area contributed by atoms with Crippen LogP contribution in [0.3, 0.4) is 0 Å². The first-order valence-electron chi connectivity index (χ1n) is 10.9. The van der Waals surface area contributed by atoms with Crippen LogP contribution in [0.25, 0.3) is 22.4 Å². The fourth-order valence-electron chi connectivity index (χ4n) is 4.01. The molecule has 0 aliphatic heterocycles. The Morgan fingerprint density at radius 2 is 1.89 bits per heavy atom. The van der Waals surface area contributed by atoms with Gasteiger partial charge in [-0.25, -0.2) is 23.1 Å². The number of carbonyl (C=O) groups excluding carboxylic acids is 1. The summed E-state index contributed by atoms with van der Waals surface area (Å²) in [5.74, 6) is -0.363. The zero-order valence-corrected chi connectivity index (χ0v) is 20.3. The number of pyridine rings is 1. The summed E-state index contributed by atoms with van der Waals surface area (Å²) in [4.78, 5) is 21.0. The molecule has 194 valence electrons. The molecular weight excluding hydrogens is 503 g/mol. The smallest absolute Gasteiger partial charge is 0.433 e. The van der Waals surface area contributed by atoms with Crippen LogP contribution in [-0.2, 0) is 16.2 Å². The number of hydrogen-bond acceptors (Lipinski definition) is 8. The van der Waals surface area contributed by atoms with Crippen LogP contribution >= 0.6 is 0 Å². The molecule has 14 heteroatoms. The number of aromatic nitrogens is 2. The van der Waals surface area contributed by atoms with Crippen molar-refractivity contribution >= 4 is 26.8 Å². The molecule has 4 N–H and O–H groups in total. The lowest BCUT2D eigenvalue weighted by atomic mass is 9.87. The molecule has 1 fully saturated rings. The van der Waals surface area contributed by atoms with Crippen molar-refractivity contribution in [1.82, 2.24) is 20.0 Å². The summed E-state index contributed by atoms with van der Waals surface area (Å²) in [6.45, 7) is 1.60. The number of rotatable bonds is 7. The van der Waals surface area contributed by atoms with Crippen LogP contribution in [0.5, 0.6) is 5.75 Å². The molecule has 2 heterocycles. The van der Waals surface area contributed by atoms with E-state index in [0.29, 0.717) is 18.4 Å². The third-order valence-electron chi connectivity index (χ3n) is 5.70. The zero-order chi connectivity index (χ0) is 26.4. The van der Waals surface area contributed by atoms with E-state index in [1.54, 1.807) is 13.0 Å². The van der Waals surface area contributed by atoms with Crippen molar-refractivity contribution in [2.24, 2.45) is 5.73 Å². The molecule has 1 saturated carbocycles. The number of carbonyl (C=O) groups is 1. The first kappa shape index (κ1) is 25.9. The third-order valence-corrected chi connectivity index (χ3v) is 6.46. The lowest BCUT2D eigenvalue weighted by Gasteiger charge is -2.35. The maximum absolute atomic E-state index is 13.2. The van der Waals surface area contributed by atoms with Crippen molar-refractivity contribution in [3.8, 4) is 17.2 Å². The molecule has 2 aromatic heterocycles. The van der Waals surface area contributed by atoms with Crippen molar-refractivity contribution in [3.05, 3.63) is 41.4 Å². The first-order chi connectivity index (χ1) is 16.8. The topological polar surface area (TPSA) is 149 Å². The van der Waals surface area contributed by atoms with E-state index in [-0.39, 0.29) is 46.1 Å². The average Bonchev–Trinajstić information content (AvgIpc) is 3.20.